The first-order valence-electron chi connectivity index (χ1n) is 8.69. The van der Waals surface area contributed by atoms with E-state index in [0.717, 1.165) is 11.1 Å². The van der Waals surface area contributed by atoms with Gasteiger partial charge in [0.25, 0.3) is 11.8 Å². The molecule has 2 aromatic carbocycles. The molecule has 7 heteroatoms. The predicted molar refractivity (Wildman–Crippen MR) is 108 cm³/mol. The maximum Gasteiger partial charge on any atom is 0.256 e. The number of benzene rings is 2. The van der Waals surface area contributed by atoms with Crippen molar-refractivity contribution in [3.63, 3.8) is 0 Å². The molecule has 0 fully saturated rings. The number of hydrogen-bond donors (Lipinski definition) is 4. The van der Waals surface area contributed by atoms with Gasteiger partial charge in [-0.05, 0) is 42.8 Å². The van der Waals surface area contributed by atoms with Crippen LogP contribution in [0.15, 0.2) is 54.6 Å². The Labute approximate surface area is 168 Å². The van der Waals surface area contributed by atoms with Gasteiger partial charge in [0, 0.05) is 29.2 Å². The summed E-state index contributed by atoms with van der Waals surface area (Å²) in [7, 11) is 0. The van der Waals surface area contributed by atoms with E-state index >= 15 is 0 Å². The van der Waals surface area contributed by atoms with Crippen LogP contribution in [0.3, 0.4) is 0 Å². The molecule has 0 spiro atoms. The third-order valence-corrected chi connectivity index (χ3v) is 3.99. The van der Waals surface area contributed by atoms with E-state index in [0.29, 0.717) is 18.0 Å². The van der Waals surface area contributed by atoms with Crippen molar-refractivity contribution in [2.45, 2.75) is 18.6 Å². The number of halogens is 1. The fourth-order valence-electron chi connectivity index (χ4n) is 2.19. The molecule has 28 heavy (non-hydrogen) atoms. The minimum absolute atomic E-state index is 0.249. The Morgan fingerprint density at radius 3 is 2.07 bits per heavy atom. The number of aliphatic hydroxyl groups is 2. The summed E-state index contributed by atoms with van der Waals surface area (Å²) in [6.45, 7) is 0.249. The molecule has 2 rings (SSSR count). The van der Waals surface area contributed by atoms with Gasteiger partial charge in [-0.2, -0.15) is 0 Å². The fraction of sp³-hybridized carbons (Fsp3) is 0.238. The zero-order chi connectivity index (χ0) is 20.4. The second-order valence-electron chi connectivity index (χ2n) is 5.91. The summed E-state index contributed by atoms with van der Waals surface area (Å²) in [4.78, 5) is 23.7. The minimum atomic E-state index is -1.89. The molecule has 0 aliphatic rings. The Bertz CT molecular complexity index is 844. The van der Waals surface area contributed by atoms with E-state index in [1.807, 2.05) is 30.3 Å². The number of hydrogen-bond acceptors (Lipinski definition) is 4. The first kappa shape index (κ1) is 21.5. The number of aliphatic hydroxyl groups excluding tert-OH is 2. The first-order chi connectivity index (χ1) is 13.5. The lowest BCUT2D eigenvalue weighted by Gasteiger charge is -2.17. The lowest BCUT2D eigenvalue weighted by molar-refractivity contribution is -0.143. The van der Waals surface area contributed by atoms with E-state index in [1.54, 1.807) is 24.3 Å². The summed E-state index contributed by atoms with van der Waals surface area (Å²) in [5.74, 6) is 4.66. The lowest BCUT2D eigenvalue weighted by atomic mass is 10.1. The van der Waals surface area contributed by atoms with Crippen LogP contribution >= 0.6 is 11.6 Å². The van der Waals surface area contributed by atoms with Crippen molar-refractivity contribution in [2.24, 2.45) is 0 Å². The number of anilines is 1. The standard InChI is InChI=1S/C21H21ClN2O4/c22-13-4-14-23-20(27)18(25)19(26)21(28)24-17-11-9-16(10-12-17)8-7-15-5-2-1-3-6-15/h1-3,5-6,9-12,18-19,25-26H,4,13-14H2,(H,23,27)(H,24,28). The van der Waals surface area contributed by atoms with Gasteiger partial charge in [-0.15, -0.1) is 11.6 Å². The molecule has 6 nitrogen and oxygen atoms in total. The second kappa shape index (κ2) is 11.1. The zero-order valence-electron chi connectivity index (χ0n) is 15.1. The molecular formula is C21H21ClN2O4. The molecule has 4 N–H and O–H groups in total. The van der Waals surface area contributed by atoms with Gasteiger partial charge < -0.3 is 20.8 Å². The summed E-state index contributed by atoms with van der Waals surface area (Å²) in [6.07, 6.45) is -3.25. The van der Waals surface area contributed by atoms with Crippen molar-refractivity contribution in [1.29, 1.82) is 0 Å². The van der Waals surface area contributed by atoms with Crippen LogP contribution in [0.1, 0.15) is 17.5 Å². The molecule has 146 valence electrons. The van der Waals surface area contributed by atoms with Gasteiger partial charge in [0.1, 0.15) is 0 Å². The van der Waals surface area contributed by atoms with Crippen LogP contribution in [0, 0.1) is 11.8 Å². The van der Waals surface area contributed by atoms with Gasteiger partial charge in [-0.25, -0.2) is 0 Å². The van der Waals surface area contributed by atoms with E-state index < -0.39 is 24.0 Å². The van der Waals surface area contributed by atoms with E-state index in [1.165, 1.54) is 0 Å². The molecule has 0 saturated carbocycles. The Kier molecular flexibility index (Phi) is 8.50. The molecule has 2 unspecified atom stereocenters. The van der Waals surface area contributed by atoms with Crippen LogP contribution in [0.2, 0.25) is 0 Å². The summed E-state index contributed by atoms with van der Waals surface area (Å²) in [5, 5.41) is 24.5. The monoisotopic (exact) mass is 400 g/mol. The number of rotatable bonds is 7. The summed E-state index contributed by atoms with van der Waals surface area (Å²) in [6, 6.07) is 16.2. The van der Waals surface area contributed by atoms with Crippen molar-refractivity contribution >= 4 is 29.1 Å². The van der Waals surface area contributed by atoms with Crippen LogP contribution < -0.4 is 10.6 Å². The Hall–Kier alpha value is -2.85. The quantitative estimate of drug-likeness (QED) is 0.321. The van der Waals surface area contributed by atoms with E-state index in [-0.39, 0.29) is 6.54 Å². The molecule has 0 heterocycles. The maximum atomic E-state index is 12.0. The average Bonchev–Trinajstić information content (AvgIpc) is 2.73. The smallest absolute Gasteiger partial charge is 0.256 e. The summed E-state index contributed by atoms with van der Waals surface area (Å²) < 4.78 is 0. The number of nitrogens with one attached hydrogen (secondary N) is 2. The molecule has 2 amide bonds. The highest BCUT2D eigenvalue weighted by Crippen LogP contribution is 2.10. The highest BCUT2D eigenvalue weighted by molar-refractivity contribution is 6.17. The number of amides is 2. The first-order valence-corrected chi connectivity index (χ1v) is 9.22. The van der Waals surface area contributed by atoms with Crippen molar-refractivity contribution in [3.8, 4) is 11.8 Å². The van der Waals surface area contributed by atoms with Gasteiger partial charge in [0.05, 0.1) is 0 Å². The van der Waals surface area contributed by atoms with Crippen LogP contribution in [0.25, 0.3) is 0 Å². The fourth-order valence-corrected chi connectivity index (χ4v) is 2.32. The Morgan fingerprint density at radius 2 is 1.46 bits per heavy atom. The Balaban J connectivity index is 1.91. The third kappa shape index (κ3) is 6.71. The zero-order valence-corrected chi connectivity index (χ0v) is 15.8. The molecule has 0 aliphatic carbocycles. The maximum absolute atomic E-state index is 12.0. The van der Waals surface area contributed by atoms with Crippen molar-refractivity contribution in [2.75, 3.05) is 17.7 Å². The van der Waals surface area contributed by atoms with Crippen molar-refractivity contribution < 1.29 is 19.8 Å². The second-order valence-corrected chi connectivity index (χ2v) is 6.28. The molecule has 0 saturated heterocycles. The van der Waals surface area contributed by atoms with E-state index in [4.69, 9.17) is 11.6 Å². The van der Waals surface area contributed by atoms with Crippen LogP contribution in [0.5, 0.6) is 0 Å². The number of carbonyl (C=O) groups excluding carboxylic acids is 2. The number of carbonyl (C=O) groups is 2. The Morgan fingerprint density at radius 1 is 0.893 bits per heavy atom. The predicted octanol–water partition coefficient (Wildman–Crippen LogP) is 1.49. The average molecular weight is 401 g/mol. The van der Waals surface area contributed by atoms with Gasteiger partial charge in [0.2, 0.25) is 0 Å². The van der Waals surface area contributed by atoms with E-state index in [9.17, 15) is 19.8 Å². The summed E-state index contributed by atoms with van der Waals surface area (Å²) in [5.41, 5.74) is 2.05. The van der Waals surface area contributed by atoms with Crippen molar-refractivity contribution in [1.82, 2.24) is 5.32 Å². The van der Waals surface area contributed by atoms with Gasteiger partial charge >= 0.3 is 0 Å². The highest BCUT2D eigenvalue weighted by Gasteiger charge is 2.30. The van der Waals surface area contributed by atoms with Crippen LogP contribution in [-0.2, 0) is 9.59 Å². The normalized spacial score (nSPS) is 12.2. The SMILES string of the molecule is O=C(NCCCCl)C(O)C(O)C(=O)Nc1ccc(C#Cc2ccccc2)cc1. The lowest BCUT2D eigenvalue weighted by Crippen LogP contribution is -2.47. The summed E-state index contributed by atoms with van der Waals surface area (Å²) >= 11 is 5.49. The minimum Gasteiger partial charge on any atom is -0.380 e. The van der Waals surface area contributed by atoms with Crippen LogP contribution in [0.4, 0.5) is 5.69 Å². The molecule has 0 radical (unpaired) electrons. The molecular weight excluding hydrogens is 380 g/mol. The molecule has 2 aromatic rings. The molecule has 0 aliphatic heterocycles. The molecule has 2 atom stereocenters. The van der Waals surface area contributed by atoms with Gasteiger partial charge in [-0.3, -0.25) is 9.59 Å². The molecule has 0 bridgehead atoms. The number of alkyl halides is 1. The third-order valence-electron chi connectivity index (χ3n) is 3.72. The van der Waals surface area contributed by atoms with Gasteiger partial charge in [0.15, 0.2) is 12.2 Å². The van der Waals surface area contributed by atoms with Crippen LogP contribution in [-0.4, -0.2) is 46.7 Å². The van der Waals surface area contributed by atoms with Crippen molar-refractivity contribution in [3.05, 3.63) is 65.7 Å². The topological polar surface area (TPSA) is 98.7 Å². The van der Waals surface area contributed by atoms with E-state index in [2.05, 4.69) is 22.5 Å². The van der Waals surface area contributed by atoms with Gasteiger partial charge in [-0.1, -0.05) is 30.0 Å². The largest absolute Gasteiger partial charge is 0.380 e. The highest BCUT2D eigenvalue weighted by atomic mass is 35.5. The molecule has 0 aromatic heterocycles.